The van der Waals surface area contributed by atoms with Gasteiger partial charge in [-0.25, -0.2) is 9.18 Å². The van der Waals surface area contributed by atoms with Crippen LogP contribution in [-0.4, -0.2) is 42.2 Å². The van der Waals surface area contributed by atoms with Gasteiger partial charge in [-0.15, -0.1) is 0 Å². The minimum Gasteiger partial charge on any atom is -0.505 e. The van der Waals surface area contributed by atoms with Crippen LogP contribution in [0.1, 0.15) is 25.0 Å². The Bertz CT molecular complexity index is 1140. The number of hydrogen-bond acceptors (Lipinski definition) is 7. The number of aromatic hydroxyl groups is 1. The highest BCUT2D eigenvalue weighted by molar-refractivity contribution is 7.81. The first-order valence-corrected chi connectivity index (χ1v) is 11.4. The lowest BCUT2D eigenvalue weighted by molar-refractivity contribution is -0.142. The van der Waals surface area contributed by atoms with E-state index in [2.05, 4.69) is 17.9 Å². The van der Waals surface area contributed by atoms with Gasteiger partial charge in [-0.1, -0.05) is 42.5 Å². The van der Waals surface area contributed by atoms with Crippen molar-refractivity contribution in [1.82, 2.24) is 0 Å². The Morgan fingerprint density at radius 3 is 2.62 bits per heavy atom. The second-order valence-corrected chi connectivity index (χ2v) is 7.67. The number of hydrogen-bond donors (Lipinski definition) is 3. The van der Waals surface area contributed by atoms with Gasteiger partial charge in [-0.3, -0.25) is 10.1 Å². The van der Waals surface area contributed by atoms with Crippen LogP contribution < -0.4 is 5.32 Å². The van der Waals surface area contributed by atoms with Crippen molar-refractivity contribution >= 4 is 41.2 Å². The number of carbonyl (C=O) groups is 2. The number of phenols is 1. The van der Waals surface area contributed by atoms with E-state index in [4.69, 9.17) is 14.2 Å². The van der Waals surface area contributed by atoms with Gasteiger partial charge < -0.3 is 19.3 Å². The Morgan fingerprint density at radius 2 is 1.88 bits per heavy atom. The maximum atomic E-state index is 14.1. The van der Waals surface area contributed by atoms with E-state index in [0.29, 0.717) is 5.69 Å². The topological polar surface area (TPSA) is 94.1 Å². The number of phenolic OH excluding ortho intramolecular Hbond substituents is 1. The zero-order chi connectivity index (χ0) is 24.5. The Morgan fingerprint density at radius 1 is 1.12 bits per heavy atom. The molecule has 34 heavy (non-hydrogen) atoms. The van der Waals surface area contributed by atoms with Crippen molar-refractivity contribution in [2.45, 2.75) is 25.6 Å². The molecule has 3 aromatic rings. The van der Waals surface area contributed by atoms with E-state index in [1.165, 1.54) is 12.1 Å². The summed E-state index contributed by atoms with van der Waals surface area (Å²) >= 11 is 3.87. The number of benzene rings is 3. The molecule has 0 aliphatic rings. The zero-order valence-electron chi connectivity index (χ0n) is 18.6. The summed E-state index contributed by atoms with van der Waals surface area (Å²) < 4.78 is 30.7. The summed E-state index contributed by atoms with van der Waals surface area (Å²) in [5.74, 6) is -1.97. The fourth-order valence-electron chi connectivity index (χ4n) is 3.52. The summed E-state index contributed by atoms with van der Waals surface area (Å²) in [6.07, 6.45) is -2.38. The molecule has 2 atom stereocenters. The number of nitrogens with one attached hydrogen (secondary N) is 1. The molecule has 2 N–H and O–H groups in total. The molecule has 0 radical (unpaired) electrons. The molecule has 0 spiro atoms. The maximum absolute atomic E-state index is 14.1. The highest BCUT2D eigenvalue weighted by Gasteiger charge is 2.29. The molecular weight excluding hydrogens is 461 g/mol. The van der Waals surface area contributed by atoms with E-state index in [-0.39, 0.29) is 31.0 Å². The number of ether oxygens (including phenoxy) is 3. The van der Waals surface area contributed by atoms with Gasteiger partial charge in [-0.2, -0.15) is 12.6 Å². The Hall–Kier alpha value is -3.30. The number of fused-ring (bicyclic) bond motifs is 1. The lowest BCUT2D eigenvalue weighted by Gasteiger charge is -2.27. The summed E-state index contributed by atoms with van der Waals surface area (Å²) in [6, 6.07) is 16.7. The fraction of sp³-hybridized carbons (Fsp3) is 0.280. The lowest BCUT2D eigenvalue weighted by Crippen LogP contribution is -2.30. The van der Waals surface area contributed by atoms with Crippen LogP contribution in [0.25, 0.3) is 10.8 Å². The van der Waals surface area contributed by atoms with Gasteiger partial charge in [0.15, 0.2) is 17.7 Å². The predicted octanol–water partition coefficient (Wildman–Crippen LogP) is 5.24. The van der Waals surface area contributed by atoms with E-state index < -0.39 is 35.8 Å². The zero-order valence-corrected chi connectivity index (χ0v) is 19.5. The van der Waals surface area contributed by atoms with Gasteiger partial charge in [-0.05, 0) is 36.1 Å². The van der Waals surface area contributed by atoms with Gasteiger partial charge in [0.1, 0.15) is 6.10 Å². The van der Waals surface area contributed by atoms with Crippen LogP contribution in [0.2, 0.25) is 0 Å². The smallest absolute Gasteiger partial charge is 0.412 e. The number of carbonyl (C=O) groups excluding carboxylic acids is 2. The maximum Gasteiger partial charge on any atom is 0.412 e. The van der Waals surface area contributed by atoms with Gasteiger partial charge in [0, 0.05) is 18.4 Å². The van der Waals surface area contributed by atoms with Gasteiger partial charge in [0.2, 0.25) is 0 Å². The normalized spacial score (nSPS) is 12.7. The molecule has 0 aromatic heterocycles. The molecule has 7 nitrogen and oxygen atoms in total. The van der Waals surface area contributed by atoms with Crippen LogP contribution in [0.4, 0.5) is 14.9 Å². The van der Waals surface area contributed by atoms with Crippen LogP contribution in [0.15, 0.2) is 60.7 Å². The average Bonchev–Trinajstić information content (AvgIpc) is 2.84. The number of amides is 1. The molecule has 0 unspecified atom stereocenters. The third-order valence-electron chi connectivity index (χ3n) is 5.07. The average molecular weight is 488 g/mol. The molecule has 9 heteroatoms. The second-order valence-electron chi connectivity index (χ2n) is 7.35. The minimum atomic E-state index is -1.04. The molecule has 0 heterocycles. The molecule has 1 amide bonds. The first-order valence-electron chi connectivity index (χ1n) is 10.7. The second kappa shape index (κ2) is 12.2. The summed E-state index contributed by atoms with van der Waals surface area (Å²) in [7, 11) is 0. The molecular formula is C25H26FNO6S. The van der Waals surface area contributed by atoms with Crippen molar-refractivity contribution in [3.05, 3.63) is 72.0 Å². The van der Waals surface area contributed by atoms with Crippen molar-refractivity contribution in [3.8, 4) is 5.75 Å². The van der Waals surface area contributed by atoms with Crippen molar-refractivity contribution in [1.29, 1.82) is 0 Å². The lowest BCUT2D eigenvalue weighted by atomic mass is 10.0. The number of anilines is 1. The van der Waals surface area contributed by atoms with Gasteiger partial charge in [0.05, 0.1) is 18.0 Å². The summed E-state index contributed by atoms with van der Waals surface area (Å²) in [4.78, 5) is 24.4. The third-order valence-corrected chi connectivity index (χ3v) is 5.33. The van der Waals surface area contributed by atoms with Crippen LogP contribution in [0, 0.1) is 5.82 Å². The van der Waals surface area contributed by atoms with Crippen LogP contribution in [0.5, 0.6) is 5.75 Å². The monoisotopic (exact) mass is 487 g/mol. The standard InChI is InChI=1S/C25H26FNO6S/c1-2-31-22(12-13-32-23(29)15-34)24(17-10-11-21(28)19(26)14-17)33-25(30)27-20-9-5-7-16-6-3-4-8-18(16)20/h3-11,14,22,24,28,34H,2,12-13,15H2,1H3,(H,27,30)/t22-,24-/m0/s1. The Balaban J connectivity index is 1.84. The summed E-state index contributed by atoms with van der Waals surface area (Å²) in [5, 5.41) is 14.1. The number of thiol groups is 1. The molecule has 3 aromatic carbocycles. The van der Waals surface area contributed by atoms with E-state index in [1.54, 1.807) is 13.0 Å². The van der Waals surface area contributed by atoms with Crippen molar-refractivity contribution in [2.24, 2.45) is 0 Å². The highest BCUT2D eigenvalue weighted by atomic mass is 32.1. The predicted molar refractivity (Wildman–Crippen MR) is 130 cm³/mol. The number of halogens is 1. The minimum absolute atomic E-state index is 0.00454. The Kier molecular flexibility index (Phi) is 9.12. The number of rotatable bonds is 10. The quantitative estimate of drug-likeness (QED) is 0.267. The first-order chi connectivity index (χ1) is 16.4. The number of esters is 1. The van der Waals surface area contributed by atoms with E-state index >= 15 is 0 Å². The van der Waals surface area contributed by atoms with Crippen LogP contribution in [0.3, 0.4) is 0 Å². The molecule has 3 rings (SSSR count). The third kappa shape index (κ3) is 6.61. The van der Waals surface area contributed by atoms with E-state index in [0.717, 1.165) is 16.8 Å². The van der Waals surface area contributed by atoms with Crippen molar-refractivity contribution < 1.29 is 33.3 Å². The first kappa shape index (κ1) is 25.3. The molecule has 0 aliphatic heterocycles. The Labute approximate surface area is 202 Å². The largest absolute Gasteiger partial charge is 0.505 e. The summed E-state index contributed by atoms with van der Waals surface area (Å²) in [5.41, 5.74) is 0.830. The van der Waals surface area contributed by atoms with E-state index in [1.807, 2.05) is 36.4 Å². The van der Waals surface area contributed by atoms with Crippen molar-refractivity contribution in [2.75, 3.05) is 24.3 Å². The molecule has 0 fully saturated rings. The van der Waals surface area contributed by atoms with Gasteiger partial charge in [0.25, 0.3) is 0 Å². The summed E-state index contributed by atoms with van der Waals surface area (Å²) in [6.45, 7) is 2.03. The SMILES string of the molecule is CCO[C@@H](CCOC(=O)CS)[C@@H](OC(=O)Nc1cccc2ccccc12)c1ccc(O)c(F)c1. The molecule has 0 saturated carbocycles. The molecule has 0 aliphatic carbocycles. The van der Waals surface area contributed by atoms with Crippen LogP contribution >= 0.6 is 12.6 Å². The van der Waals surface area contributed by atoms with E-state index in [9.17, 15) is 19.1 Å². The fourth-order valence-corrected chi connectivity index (χ4v) is 3.61. The van der Waals surface area contributed by atoms with Crippen LogP contribution in [-0.2, 0) is 19.0 Å². The van der Waals surface area contributed by atoms with Gasteiger partial charge >= 0.3 is 12.1 Å². The van der Waals surface area contributed by atoms with Crippen molar-refractivity contribution in [3.63, 3.8) is 0 Å². The molecule has 180 valence electrons. The highest BCUT2D eigenvalue weighted by Crippen LogP contribution is 2.30. The molecule has 0 bridgehead atoms. The molecule has 0 saturated heterocycles.